The van der Waals surface area contributed by atoms with Gasteiger partial charge in [0.15, 0.2) is 11.6 Å². The van der Waals surface area contributed by atoms with Crippen molar-refractivity contribution in [3.63, 3.8) is 0 Å². The number of nitrogens with zero attached hydrogens (tertiary/aromatic N) is 1. The molecule has 1 aliphatic carbocycles. The molecule has 1 saturated heterocycles. The Bertz CT molecular complexity index is 943. The molecule has 0 bridgehead atoms. The highest BCUT2D eigenvalue weighted by Gasteiger charge is 2.26. The summed E-state index contributed by atoms with van der Waals surface area (Å²) < 4.78 is 24.8. The third kappa shape index (κ3) is 5.34. The van der Waals surface area contributed by atoms with E-state index in [9.17, 15) is 14.0 Å². The van der Waals surface area contributed by atoms with E-state index in [0.717, 1.165) is 25.7 Å². The molecule has 0 unspecified atom stereocenters. The Kier molecular flexibility index (Phi) is 6.39. The first-order chi connectivity index (χ1) is 15.0. The number of ether oxygens (including phenoxy) is 2. The van der Waals surface area contributed by atoms with E-state index in [1.807, 2.05) is 0 Å². The molecule has 164 valence electrons. The first-order valence-electron chi connectivity index (χ1n) is 10.7. The lowest BCUT2D eigenvalue weighted by molar-refractivity contribution is 0.0632. The molecule has 4 rings (SSSR count). The van der Waals surface area contributed by atoms with E-state index in [1.165, 1.54) is 19.2 Å². The third-order valence-electron chi connectivity index (χ3n) is 5.72. The van der Waals surface area contributed by atoms with Gasteiger partial charge in [-0.2, -0.15) is 0 Å². The molecule has 1 aliphatic heterocycles. The van der Waals surface area contributed by atoms with Crippen LogP contribution < -0.4 is 14.8 Å². The van der Waals surface area contributed by atoms with E-state index in [2.05, 4.69) is 5.32 Å². The van der Waals surface area contributed by atoms with Gasteiger partial charge in [-0.05, 0) is 68.1 Å². The Morgan fingerprint density at radius 1 is 1.10 bits per heavy atom. The van der Waals surface area contributed by atoms with Crippen LogP contribution in [0.15, 0.2) is 42.5 Å². The summed E-state index contributed by atoms with van der Waals surface area (Å²) in [7, 11) is 1.39. The number of methoxy groups -OCH3 is 1. The smallest absolute Gasteiger partial charge is 0.253 e. The number of piperidine rings is 1. The summed E-state index contributed by atoms with van der Waals surface area (Å²) in [4.78, 5) is 26.6. The fourth-order valence-electron chi connectivity index (χ4n) is 3.78. The normalized spacial score (nSPS) is 18.4. The number of halogens is 1. The van der Waals surface area contributed by atoms with Crippen LogP contribution in [-0.2, 0) is 0 Å². The van der Waals surface area contributed by atoms with E-state index in [0.29, 0.717) is 42.6 Å². The molecule has 1 saturated carbocycles. The number of nitrogens with one attached hydrogen (secondary N) is 1. The van der Waals surface area contributed by atoms with Gasteiger partial charge in [-0.25, -0.2) is 4.39 Å². The van der Waals surface area contributed by atoms with Crippen molar-refractivity contribution in [2.24, 2.45) is 5.92 Å². The number of rotatable bonds is 7. The van der Waals surface area contributed by atoms with E-state index >= 15 is 0 Å². The summed E-state index contributed by atoms with van der Waals surface area (Å²) in [6.45, 7) is 1.69. The number of carbonyl (C=O) groups excluding carboxylic acids is 2. The summed E-state index contributed by atoms with van der Waals surface area (Å²) in [5, 5.41) is 2.96. The van der Waals surface area contributed by atoms with Gasteiger partial charge in [-0.15, -0.1) is 0 Å². The van der Waals surface area contributed by atoms with Crippen LogP contribution in [0.4, 0.5) is 4.39 Å². The second kappa shape index (κ2) is 9.37. The topological polar surface area (TPSA) is 67.9 Å². The molecule has 31 heavy (non-hydrogen) atoms. The summed E-state index contributed by atoms with van der Waals surface area (Å²) in [5.74, 6) is 0.238. The average molecular weight is 426 g/mol. The monoisotopic (exact) mass is 426 g/mol. The Morgan fingerprint density at radius 2 is 1.84 bits per heavy atom. The third-order valence-corrected chi connectivity index (χ3v) is 5.72. The van der Waals surface area contributed by atoms with Crippen molar-refractivity contribution in [2.75, 3.05) is 26.8 Å². The van der Waals surface area contributed by atoms with Crippen LogP contribution in [-0.4, -0.2) is 49.6 Å². The van der Waals surface area contributed by atoms with Gasteiger partial charge in [-0.3, -0.25) is 9.59 Å². The maximum absolute atomic E-state index is 14.0. The van der Waals surface area contributed by atoms with Crippen molar-refractivity contribution < 1.29 is 23.5 Å². The van der Waals surface area contributed by atoms with Gasteiger partial charge in [0.05, 0.1) is 13.7 Å². The predicted molar refractivity (Wildman–Crippen MR) is 114 cm³/mol. The minimum absolute atomic E-state index is 0.0505. The number of benzene rings is 2. The lowest BCUT2D eigenvalue weighted by atomic mass is 9.98. The summed E-state index contributed by atoms with van der Waals surface area (Å²) in [6.07, 6.45) is 3.95. The van der Waals surface area contributed by atoms with Crippen molar-refractivity contribution in [1.82, 2.24) is 10.2 Å². The molecule has 2 aromatic rings. The lowest BCUT2D eigenvalue weighted by Gasteiger charge is -2.32. The van der Waals surface area contributed by atoms with Crippen LogP contribution in [0.25, 0.3) is 0 Å². The van der Waals surface area contributed by atoms with Crippen LogP contribution in [0.2, 0.25) is 0 Å². The molecule has 7 heteroatoms. The van der Waals surface area contributed by atoms with Gasteiger partial charge < -0.3 is 19.7 Å². The van der Waals surface area contributed by atoms with Crippen molar-refractivity contribution in [1.29, 1.82) is 0 Å². The lowest BCUT2D eigenvalue weighted by Crippen LogP contribution is -2.41. The van der Waals surface area contributed by atoms with Crippen LogP contribution in [0.1, 0.15) is 46.4 Å². The highest BCUT2D eigenvalue weighted by atomic mass is 19.1. The highest BCUT2D eigenvalue weighted by Crippen LogP contribution is 2.24. The maximum atomic E-state index is 14.0. The first-order valence-corrected chi connectivity index (χ1v) is 10.7. The zero-order chi connectivity index (χ0) is 21.8. The number of hydrogen-bond donors (Lipinski definition) is 1. The minimum Gasteiger partial charge on any atom is -0.494 e. The predicted octanol–water partition coefficient (Wildman–Crippen LogP) is 3.66. The van der Waals surface area contributed by atoms with E-state index in [-0.39, 0.29) is 23.5 Å². The van der Waals surface area contributed by atoms with Gasteiger partial charge in [0.1, 0.15) is 5.75 Å². The second-order valence-corrected chi connectivity index (χ2v) is 8.19. The van der Waals surface area contributed by atoms with Crippen LogP contribution in [0.3, 0.4) is 0 Å². The molecule has 1 atom stereocenters. The van der Waals surface area contributed by atoms with E-state index in [4.69, 9.17) is 9.47 Å². The van der Waals surface area contributed by atoms with E-state index in [1.54, 1.807) is 35.2 Å². The highest BCUT2D eigenvalue weighted by molar-refractivity contribution is 5.95. The molecule has 6 nitrogen and oxygen atoms in total. The molecule has 2 aromatic carbocycles. The van der Waals surface area contributed by atoms with Crippen LogP contribution in [0.5, 0.6) is 11.5 Å². The van der Waals surface area contributed by atoms with Crippen LogP contribution in [0, 0.1) is 11.7 Å². The minimum atomic E-state index is -0.542. The number of hydrogen-bond acceptors (Lipinski definition) is 4. The molecule has 1 heterocycles. The average Bonchev–Trinajstić information content (AvgIpc) is 3.61. The molecular weight excluding hydrogens is 399 g/mol. The van der Waals surface area contributed by atoms with Crippen molar-refractivity contribution in [3.8, 4) is 11.5 Å². The van der Waals surface area contributed by atoms with Gasteiger partial charge in [-0.1, -0.05) is 0 Å². The summed E-state index contributed by atoms with van der Waals surface area (Å²) in [6, 6.07) is 11.7. The number of carbonyl (C=O) groups is 2. The largest absolute Gasteiger partial charge is 0.494 e. The van der Waals surface area contributed by atoms with Crippen molar-refractivity contribution >= 4 is 11.8 Å². The summed E-state index contributed by atoms with van der Waals surface area (Å²) in [5.41, 5.74) is 0.945. The van der Waals surface area contributed by atoms with Crippen molar-refractivity contribution in [2.45, 2.75) is 31.7 Å². The van der Waals surface area contributed by atoms with Gasteiger partial charge in [0.25, 0.3) is 11.8 Å². The molecule has 2 amide bonds. The zero-order valence-electron chi connectivity index (χ0n) is 17.6. The van der Waals surface area contributed by atoms with Gasteiger partial charge in [0.2, 0.25) is 0 Å². The maximum Gasteiger partial charge on any atom is 0.253 e. The number of likely N-dealkylation sites (tertiary alicyclic amines) is 1. The SMILES string of the molecule is COc1ccc(C(=O)N2CCC[C@H](COc3ccc(C(=O)NC4CC4)cc3)C2)cc1F. The Balaban J connectivity index is 1.30. The Labute approximate surface area is 181 Å². The molecule has 0 radical (unpaired) electrons. The fraction of sp³-hybridized carbons (Fsp3) is 0.417. The van der Waals surface area contributed by atoms with Crippen molar-refractivity contribution in [3.05, 3.63) is 59.4 Å². The zero-order valence-corrected chi connectivity index (χ0v) is 17.6. The number of amides is 2. The Morgan fingerprint density at radius 3 is 2.52 bits per heavy atom. The molecule has 0 spiro atoms. The molecular formula is C24H27FN2O4. The second-order valence-electron chi connectivity index (χ2n) is 8.19. The molecule has 0 aromatic heterocycles. The quantitative estimate of drug-likeness (QED) is 0.734. The van der Waals surface area contributed by atoms with E-state index < -0.39 is 5.82 Å². The first kappa shape index (κ1) is 21.2. The molecule has 1 N–H and O–H groups in total. The molecule has 2 fully saturated rings. The van der Waals surface area contributed by atoms with Crippen LogP contribution >= 0.6 is 0 Å². The van der Waals surface area contributed by atoms with Gasteiger partial charge >= 0.3 is 0 Å². The van der Waals surface area contributed by atoms with Gasteiger partial charge in [0, 0.05) is 36.2 Å². The standard InChI is InChI=1S/C24H27FN2O4/c1-30-22-11-6-18(13-21(22)25)24(29)27-12-2-3-16(14-27)15-31-20-9-4-17(5-10-20)23(28)26-19-7-8-19/h4-6,9-11,13,16,19H,2-3,7-8,12,14-15H2,1H3,(H,26,28)/t16-/m0/s1. The molecule has 2 aliphatic rings. The Hall–Kier alpha value is -3.09. The fourth-order valence-corrected chi connectivity index (χ4v) is 3.78. The summed E-state index contributed by atoms with van der Waals surface area (Å²) >= 11 is 0.